The maximum absolute atomic E-state index is 13.9. The number of aromatic nitrogens is 5. The molecule has 3 aromatic heterocycles. The fourth-order valence-electron chi connectivity index (χ4n) is 3.44. The molecule has 0 bridgehead atoms. The van der Waals surface area contributed by atoms with E-state index in [-0.39, 0.29) is 11.4 Å². The van der Waals surface area contributed by atoms with Gasteiger partial charge in [0.2, 0.25) is 5.16 Å². The van der Waals surface area contributed by atoms with E-state index < -0.39 is 0 Å². The maximum Gasteiger partial charge on any atom is 0.259 e. The van der Waals surface area contributed by atoms with E-state index in [1.54, 1.807) is 40.0 Å². The monoisotopic (exact) mass is 413 g/mol. The first kappa shape index (κ1) is 17.6. The van der Waals surface area contributed by atoms with Crippen LogP contribution in [0, 0.1) is 5.82 Å². The first-order valence-electron chi connectivity index (χ1n) is 9.02. The Balaban J connectivity index is 1.38. The van der Waals surface area contributed by atoms with E-state index in [0.29, 0.717) is 28.0 Å². The van der Waals surface area contributed by atoms with Gasteiger partial charge < -0.3 is 0 Å². The fourth-order valence-corrected chi connectivity index (χ4v) is 5.36. The lowest BCUT2D eigenvalue weighted by atomic mass is 10.0. The highest BCUT2D eigenvalue weighted by molar-refractivity contribution is 7.98. The summed E-state index contributed by atoms with van der Waals surface area (Å²) in [5.41, 5.74) is 2.18. The molecule has 1 N–H and O–H groups in total. The second-order valence-corrected chi connectivity index (χ2v) is 8.62. The van der Waals surface area contributed by atoms with Crippen molar-refractivity contribution in [2.75, 3.05) is 0 Å². The molecule has 0 saturated carbocycles. The normalized spacial score (nSPS) is 13.8. The molecule has 1 aliphatic rings. The zero-order valence-corrected chi connectivity index (χ0v) is 16.4. The number of aryl methyl sites for hydroxylation is 2. The van der Waals surface area contributed by atoms with Gasteiger partial charge in [0.1, 0.15) is 5.82 Å². The van der Waals surface area contributed by atoms with Crippen molar-refractivity contribution in [1.29, 1.82) is 0 Å². The first-order valence-corrected chi connectivity index (χ1v) is 10.8. The molecule has 142 valence electrons. The molecule has 0 spiro atoms. The SMILES string of the molecule is O=c1cc(CSc2n[nH]c(-c3ccccc3F)n2)nc2sc3c(n12)CCCC3. The van der Waals surface area contributed by atoms with Crippen molar-refractivity contribution in [2.45, 2.75) is 36.6 Å². The second-order valence-electron chi connectivity index (χ2n) is 6.62. The maximum atomic E-state index is 13.9. The van der Waals surface area contributed by atoms with Gasteiger partial charge in [-0.1, -0.05) is 23.9 Å². The van der Waals surface area contributed by atoms with E-state index in [1.807, 2.05) is 0 Å². The molecular formula is C19H16FN5OS2. The first-order chi connectivity index (χ1) is 13.7. The van der Waals surface area contributed by atoms with Crippen molar-refractivity contribution in [1.82, 2.24) is 24.6 Å². The molecule has 0 amide bonds. The standard InChI is InChI=1S/C19H16FN5OS2/c20-13-6-2-1-5-12(13)17-22-18(24-23-17)27-10-11-9-16(26)25-14-7-3-4-8-15(14)28-19(25)21-11/h1-2,5-6,9H,3-4,7-8,10H2,(H,22,23,24). The summed E-state index contributed by atoms with van der Waals surface area (Å²) in [7, 11) is 0. The molecule has 5 rings (SSSR count). The largest absolute Gasteiger partial charge is 0.269 e. The zero-order chi connectivity index (χ0) is 19.1. The molecule has 9 heteroatoms. The number of rotatable bonds is 4. The number of halogens is 1. The molecule has 0 saturated heterocycles. The number of nitrogens with one attached hydrogen (secondary N) is 1. The van der Waals surface area contributed by atoms with E-state index in [2.05, 4.69) is 20.2 Å². The van der Waals surface area contributed by atoms with E-state index in [1.165, 1.54) is 29.1 Å². The molecule has 1 aliphatic carbocycles. The number of aromatic amines is 1. The Morgan fingerprint density at radius 2 is 2.07 bits per heavy atom. The van der Waals surface area contributed by atoms with E-state index >= 15 is 0 Å². The summed E-state index contributed by atoms with van der Waals surface area (Å²) in [6.45, 7) is 0. The molecule has 0 radical (unpaired) electrons. The van der Waals surface area contributed by atoms with Crippen LogP contribution in [0.25, 0.3) is 16.3 Å². The van der Waals surface area contributed by atoms with Crippen molar-refractivity contribution in [3.05, 3.63) is 62.8 Å². The molecule has 0 unspecified atom stereocenters. The number of H-pyrrole nitrogens is 1. The average molecular weight is 414 g/mol. The Morgan fingerprint density at radius 1 is 1.21 bits per heavy atom. The van der Waals surface area contributed by atoms with Gasteiger partial charge in [-0.25, -0.2) is 14.4 Å². The third kappa shape index (κ3) is 3.14. The van der Waals surface area contributed by atoms with Gasteiger partial charge in [0, 0.05) is 22.4 Å². The number of fused-ring (bicyclic) bond motifs is 3. The van der Waals surface area contributed by atoms with E-state index in [9.17, 15) is 9.18 Å². The van der Waals surface area contributed by atoms with Gasteiger partial charge in [-0.05, 0) is 37.8 Å². The highest BCUT2D eigenvalue weighted by Gasteiger charge is 2.18. The van der Waals surface area contributed by atoms with E-state index in [0.717, 1.165) is 29.9 Å². The van der Waals surface area contributed by atoms with Crippen LogP contribution in [0.2, 0.25) is 0 Å². The summed E-state index contributed by atoms with van der Waals surface area (Å²) < 4.78 is 15.6. The van der Waals surface area contributed by atoms with Gasteiger partial charge in [0.05, 0.1) is 11.3 Å². The Bertz CT molecular complexity index is 1230. The fraction of sp³-hybridized carbons (Fsp3) is 0.263. The topological polar surface area (TPSA) is 75.9 Å². The number of benzene rings is 1. The molecular weight excluding hydrogens is 397 g/mol. The second kappa shape index (κ2) is 7.14. The zero-order valence-electron chi connectivity index (χ0n) is 14.8. The van der Waals surface area contributed by atoms with Crippen LogP contribution in [0.3, 0.4) is 0 Å². The molecule has 28 heavy (non-hydrogen) atoms. The third-order valence-electron chi connectivity index (χ3n) is 4.76. The van der Waals surface area contributed by atoms with Gasteiger partial charge in [0.25, 0.3) is 5.56 Å². The van der Waals surface area contributed by atoms with Gasteiger partial charge in [-0.2, -0.15) is 0 Å². The predicted molar refractivity (Wildman–Crippen MR) is 107 cm³/mol. The summed E-state index contributed by atoms with van der Waals surface area (Å²) in [5, 5.41) is 7.40. The molecule has 3 heterocycles. The Hall–Kier alpha value is -2.52. The Morgan fingerprint density at radius 3 is 2.96 bits per heavy atom. The Labute approximate surface area is 167 Å². The van der Waals surface area contributed by atoms with Crippen LogP contribution >= 0.6 is 23.1 Å². The molecule has 4 aromatic rings. The van der Waals surface area contributed by atoms with Crippen LogP contribution in [-0.4, -0.2) is 24.6 Å². The minimum Gasteiger partial charge on any atom is -0.269 e. The van der Waals surface area contributed by atoms with Crippen LogP contribution in [0.1, 0.15) is 29.1 Å². The van der Waals surface area contributed by atoms with E-state index in [4.69, 9.17) is 0 Å². The summed E-state index contributed by atoms with van der Waals surface area (Å²) >= 11 is 2.98. The third-order valence-corrected chi connectivity index (χ3v) is 6.78. The lowest BCUT2D eigenvalue weighted by molar-refractivity contribution is 0.630. The minimum absolute atomic E-state index is 0.0259. The summed E-state index contributed by atoms with van der Waals surface area (Å²) in [4.78, 5) is 23.7. The molecule has 0 atom stereocenters. The number of nitrogens with zero attached hydrogens (tertiary/aromatic N) is 4. The smallest absolute Gasteiger partial charge is 0.259 e. The van der Waals surface area contributed by atoms with Crippen molar-refractivity contribution in [3.63, 3.8) is 0 Å². The van der Waals surface area contributed by atoms with Crippen LogP contribution in [0.5, 0.6) is 0 Å². The molecule has 0 aliphatic heterocycles. The quantitative estimate of drug-likeness (QED) is 0.514. The number of hydrogen-bond donors (Lipinski definition) is 1. The van der Waals surface area contributed by atoms with Crippen molar-refractivity contribution < 1.29 is 4.39 Å². The minimum atomic E-state index is -0.350. The summed E-state index contributed by atoms with van der Waals surface area (Å²) in [6.07, 6.45) is 4.27. The highest BCUT2D eigenvalue weighted by Crippen LogP contribution is 2.29. The van der Waals surface area contributed by atoms with Crippen molar-refractivity contribution in [3.8, 4) is 11.4 Å². The van der Waals surface area contributed by atoms with Crippen molar-refractivity contribution in [2.24, 2.45) is 0 Å². The van der Waals surface area contributed by atoms with Crippen LogP contribution in [-0.2, 0) is 18.6 Å². The lowest BCUT2D eigenvalue weighted by Gasteiger charge is -2.09. The lowest BCUT2D eigenvalue weighted by Crippen LogP contribution is -2.17. The predicted octanol–water partition coefficient (Wildman–Crippen LogP) is 3.85. The van der Waals surface area contributed by atoms with Gasteiger partial charge >= 0.3 is 0 Å². The van der Waals surface area contributed by atoms with Crippen LogP contribution in [0.15, 0.2) is 40.3 Å². The van der Waals surface area contributed by atoms with Crippen LogP contribution < -0.4 is 5.56 Å². The van der Waals surface area contributed by atoms with Crippen LogP contribution in [0.4, 0.5) is 4.39 Å². The molecule has 6 nitrogen and oxygen atoms in total. The Kier molecular flexibility index (Phi) is 4.48. The highest BCUT2D eigenvalue weighted by atomic mass is 32.2. The molecule has 1 aromatic carbocycles. The number of hydrogen-bond acceptors (Lipinski definition) is 6. The average Bonchev–Trinajstić information content (AvgIpc) is 3.31. The summed E-state index contributed by atoms with van der Waals surface area (Å²) in [5.74, 6) is 0.509. The van der Waals surface area contributed by atoms with Gasteiger partial charge in [-0.15, -0.1) is 16.4 Å². The number of thiazole rings is 1. The summed E-state index contributed by atoms with van der Waals surface area (Å²) in [6, 6.07) is 8.01. The van der Waals surface area contributed by atoms with Gasteiger partial charge in [0.15, 0.2) is 10.8 Å². The van der Waals surface area contributed by atoms with Gasteiger partial charge in [-0.3, -0.25) is 14.3 Å². The van der Waals surface area contributed by atoms with Crippen molar-refractivity contribution >= 4 is 28.1 Å². The molecule has 0 fully saturated rings. The number of thioether (sulfide) groups is 1.